The van der Waals surface area contributed by atoms with Crippen molar-refractivity contribution in [3.8, 4) is 0 Å². The number of benzene rings is 2. The number of pyridine rings is 1. The van der Waals surface area contributed by atoms with E-state index in [0.29, 0.717) is 16.8 Å². The van der Waals surface area contributed by atoms with Gasteiger partial charge in [0.25, 0.3) is 5.91 Å². The first kappa shape index (κ1) is 33.3. The summed E-state index contributed by atoms with van der Waals surface area (Å²) in [4.78, 5) is 42.9. The maximum absolute atomic E-state index is 14.3. The monoisotopic (exact) mass is 686 g/mol. The maximum Gasteiger partial charge on any atom is 0.416 e. The molecule has 0 radical (unpaired) electrons. The zero-order valence-electron chi connectivity index (χ0n) is 23.4. The molecule has 2 aromatic carbocycles. The van der Waals surface area contributed by atoms with Crippen molar-refractivity contribution >= 4 is 35.3 Å². The van der Waals surface area contributed by atoms with Gasteiger partial charge in [-0.05, 0) is 48.0 Å². The minimum absolute atomic E-state index is 0.0217. The molecule has 4 aromatic rings. The van der Waals surface area contributed by atoms with E-state index in [1.165, 1.54) is 12.1 Å². The summed E-state index contributed by atoms with van der Waals surface area (Å²) in [5.41, 5.74) is -2.41. The van der Waals surface area contributed by atoms with Crippen molar-refractivity contribution in [1.82, 2.24) is 25.4 Å². The van der Waals surface area contributed by atoms with Crippen LogP contribution >= 0.6 is 11.6 Å². The van der Waals surface area contributed by atoms with Crippen LogP contribution in [0.2, 0.25) is 5.02 Å². The fourth-order valence-electron chi connectivity index (χ4n) is 4.79. The second-order valence-corrected chi connectivity index (χ2v) is 10.7. The Morgan fingerprint density at radius 3 is 2.40 bits per heavy atom. The highest BCUT2D eigenvalue weighted by Gasteiger charge is 2.37. The molecule has 246 valence electrons. The van der Waals surface area contributed by atoms with Crippen molar-refractivity contribution in [1.29, 1.82) is 0 Å². The molecule has 3 heterocycles. The van der Waals surface area contributed by atoms with Crippen LogP contribution in [-0.2, 0) is 30.4 Å². The molecule has 9 nitrogen and oxygen atoms in total. The third-order valence-corrected chi connectivity index (χ3v) is 7.18. The number of carbonyl (C=O) groups is 3. The summed E-state index contributed by atoms with van der Waals surface area (Å²) < 4.78 is 107. The summed E-state index contributed by atoms with van der Waals surface area (Å²) in [5.74, 6) is -4.54. The van der Waals surface area contributed by atoms with Crippen molar-refractivity contribution in [2.45, 2.75) is 37.8 Å². The van der Waals surface area contributed by atoms with Crippen LogP contribution in [0.1, 0.15) is 50.0 Å². The molecule has 47 heavy (non-hydrogen) atoms. The van der Waals surface area contributed by atoms with E-state index in [-0.39, 0.29) is 45.7 Å². The normalized spacial score (nSPS) is 14.7. The van der Waals surface area contributed by atoms with E-state index in [0.717, 1.165) is 24.4 Å². The van der Waals surface area contributed by atoms with Crippen LogP contribution in [-0.4, -0.2) is 38.8 Å². The van der Waals surface area contributed by atoms with Crippen LogP contribution in [0.25, 0.3) is 0 Å². The first-order chi connectivity index (χ1) is 22.0. The summed E-state index contributed by atoms with van der Waals surface area (Å²) in [6.07, 6.45) is -10.1. The van der Waals surface area contributed by atoms with Crippen LogP contribution in [0.5, 0.6) is 0 Å². The van der Waals surface area contributed by atoms with E-state index in [4.69, 9.17) is 11.6 Å². The maximum atomic E-state index is 14.3. The average molecular weight is 687 g/mol. The number of rotatable bonds is 6. The quantitative estimate of drug-likeness (QED) is 0.212. The first-order valence-corrected chi connectivity index (χ1v) is 13.7. The van der Waals surface area contributed by atoms with Gasteiger partial charge in [0, 0.05) is 40.1 Å². The second kappa shape index (κ2) is 12.6. The van der Waals surface area contributed by atoms with Crippen molar-refractivity contribution < 1.29 is 49.5 Å². The SMILES string of the molecule is O=C1Cc2c(c(NC(=O)c3cc(F)cc(C(F)(F)F)c3)nn2C(=O)NCc2ccc(CC(F)(F)F)nc2)C(c2cc(F)ccc2Cl)N1. The number of carbonyl (C=O) groups excluding carboxylic acids is 3. The third-order valence-electron chi connectivity index (χ3n) is 6.84. The lowest BCUT2D eigenvalue weighted by atomic mass is 9.93. The minimum atomic E-state index is -4.99. The molecule has 1 unspecified atom stereocenters. The highest BCUT2D eigenvalue weighted by Crippen LogP contribution is 2.38. The molecule has 2 aromatic heterocycles. The average Bonchev–Trinajstić information content (AvgIpc) is 3.33. The number of hydrogen-bond acceptors (Lipinski definition) is 5. The number of aromatic nitrogens is 3. The Labute approximate surface area is 263 Å². The molecule has 5 rings (SSSR count). The summed E-state index contributed by atoms with van der Waals surface area (Å²) in [6.45, 7) is -0.274. The fraction of sp³-hybridized carbons (Fsp3) is 0.207. The first-order valence-electron chi connectivity index (χ1n) is 13.3. The Morgan fingerprint density at radius 1 is 1.00 bits per heavy atom. The van der Waals surface area contributed by atoms with Gasteiger partial charge in [0.2, 0.25) is 5.91 Å². The molecule has 1 atom stereocenters. The van der Waals surface area contributed by atoms with E-state index in [1.54, 1.807) is 0 Å². The molecule has 1 aliphatic heterocycles. The number of fused-ring (bicyclic) bond motifs is 1. The highest BCUT2D eigenvalue weighted by atomic mass is 35.5. The Hall–Kier alpha value is -5.06. The highest BCUT2D eigenvalue weighted by molar-refractivity contribution is 6.31. The molecule has 18 heteroatoms. The van der Waals surface area contributed by atoms with Gasteiger partial charge in [0.1, 0.15) is 11.6 Å². The summed E-state index contributed by atoms with van der Waals surface area (Å²) in [5, 5.41) is 11.3. The van der Waals surface area contributed by atoms with Gasteiger partial charge in [-0.15, -0.1) is 5.10 Å². The molecular weight excluding hydrogens is 668 g/mol. The number of halogens is 9. The van der Waals surface area contributed by atoms with E-state index in [2.05, 4.69) is 26.0 Å². The molecule has 0 saturated heterocycles. The van der Waals surface area contributed by atoms with Crippen LogP contribution < -0.4 is 16.0 Å². The van der Waals surface area contributed by atoms with Gasteiger partial charge in [-0.1, -0.05) is 17.7 Å². The molecule has 0 bridgehead atoms. The van der Waals surface area contributed by atoms with Crippen LogP contribution in [0, 0.1) is 11.6 Å². The zero-order valence-corrected chi connectivity index (χ0v) is 24.1. The number of amides is 3. The molecule has 3 amide bonds. The molecular formula is C29H19ClF8N6O3. The lowest BCUT2D eigenvalue weighted by Crippen LogP contribution is -2.38. The third kappa shape index (κ3) is 7.67. The topological polar surface area (TPSA) is 118 Å². The van der Waals surface area contributed by atoms with Crippen LogP contribution in [0.4, 0.5) is 45.7 Å². The molecule has 0 aliphatic carbocycles. The summed E-state index contributed by atoms with van der Waals surface area (Å²) >= 11 is 6.28. The number of alkyl halides is 6. The van der Waals surface area contributed by atoms with Gasteiger partial charge in [-0.3, -0.25) is 14.6 Å². The fourth-order valence-corrected chi connectivity index (χ4v) is 5.02. The van der Waals surface area contributed by atoms with E-state index in [9.17, 15) is 49.5 Å². The van der Waals surface area contributed by atoms with Crippen molar-refractivity contribution in [3.05, 3.63) is 111 Å². The van der Waals surface area contributed by atoms with Gasteiger partial charge in [0.15, 0.2) is 5.82 Å². The van der Waals surface area contributed by atoms with E-state index in [1.807, 2.05) is 0 Å². The van der Waals surface area contributed by atoms with E-state index < -0.39 is 77.7 Å². The Balaban J connectivity index is 1.51. The summed E-state index contributed by atoms with van der Waals surface area (Å²) in [7, 11) is 0. The summed E-state index contributed by atoms with van der Waals surface area (Å²) in [6, 6.07) is 4.40. The Kier molecular flexibility index (Phi) is 8.94. The number of nitrogens with zero attached hydrogens (tertiary/aromatic N) is 3. The van der Waals surface area contributed by atoms with Gasteiger partial charge in [-0.2, -0.15) is 31.0 Å². The van der Waals surface area contributed by atoms with Crippen molar-refractivity contribution in [2.75, 3.05) is 5.32 Å². The smallest absolute Gasteiger partial charge is 0.345 e. The van der Waals surface area contributed by atoms with Gasteiger partial charge < -0.3 is 16.0 Å². The molecule has 0 fully saturated rings. The number of nitrogens with one attached hydrogen (secondary N) is 3. The lowest BCUT2D eigenvalue weighted by molar-refractivity contribution is -0.137. The zero-order chi connectivity index (χ0) is 34.3. The Morgan fingerprint density at radius 2 is 1.74 bits per heavy atom. The Bertz CT molecular complexity index is 1880. The standard InChI is InChI=1S/C29H19ClF8N6O3/c30-20-4-2-16(31)8-19(20)24-23-21(9-22(45)41-24)44(27(47)40-12-13-1-3-18(39-11-13)10-28(33,34)35)43-25(23)42-26(46)14-5-15(29(36,37)38)7-17(32)6-14/h1-8,11,24H,9-10,12H2,(H,40,47)(H,41,45)(H,42,43,46). The predicted octanol–water partition coefficient (Wildman–Crippen LogP) is 6.11. The molecule has 0 saturated carbocycles. The predicted molar refractivity (Wildman–Crippen MR) is 148 cm³/mol. The van der Waals surface area contributed by atoms with Crippen LogP contribution in [0.15, 0.2) is 54.7 Å². The number of anilines is 1. The number of hydrogen-bond donors (Lipinski definition) is 3. The molecule has 3 N–H and O–H groups in total. The molecule has 1 aliphatic rings. The van der Waals surface area contributed by atoms with Gasteiger partial charge >= 0.3 is 18.4 Å². The van der Waals surface area contributed by atoms with Crippen molar-refractivity contribution in [3.63, 3.8) is 0 Å². The second-order valence-electron chi connectivity index (χ2n) is 10.3. The van der Waals surface area contributed by atoms with Crippen molar-refractivity contribution in [2.24, 2.45) is 0 Å². The lowest BCUT2D eigenvalue weighted by Gasteiger charge is -2.26. The van der Waals surface area contributed by atoms with Crippen LogP contribution in [0.3, 0.4) is 0 Å². The minimum Gasteiger partial charge on any atom is -0.345 e. The largest absolute Gasteiger partial charge is 0.416 e. The van der Waals surface area contributed by atoms with Gasteiger partial charge in [-0.25, -0.2) is 13.6 Å². The van der Waals surface area contributed by atoms with E-state index >= 15 is 0 Å². The van der Waals surface area contributed by atoms with Gasteiger partial charge in [0.05, 0.1) is 30.1 Å². The molecule has 0 spiro atoms.